The number of hydrogen-bond donors (Lipinski definition) is 0. The topological polar surface area (TPSA) is 52.6 Å². The van der Waals surface area contributed by atoms with Gasteiger partial charge in [-0.3, -0.25) is 0 Å². The molecule has 20 heavy (non-hydrogen) atoms. The van der Waals surface area contributed by atoms with Gasteiger partial charge in [-0.15, -0.1) is 0 Å². The Labute approximate surface area is 126 Å². The summed E-state index contributed by atoms with van der Waals surface area (Å²) in [7, 11) is 0. The number of ether oxygens (including phenoxy) is 2. The van der Waals surface area contributed by atoms with E-state index in [1.54, 1.807) is 24.3 Å². The molecular weight excluding hydrogens is 303 g/mol. The van der Waals surface area contributed by atoms with E-state index in [1.807, 2.05) is 0 Å². The summed E-state index contributed by atoms with van der Waals surface area (Å²) < 4.78 is 9.92. The van der Waals surface area contributed by atoms with Crippen molar-refractivity contribution in [3.8, 4) is 5.75 Å². The Bertz CT molecular complexity index is 552. The van der Waals surface area contributed by atoms with Crippen molar-refractivity contribution in [3.63, 3.8) is 0 Å². The molecule has 106 valence electrons. The Morgan fingerprint density at radius 1 is 1.05 bits per heavy atom. The molecule has 0 aliphatic heterocycles. The number of benzene rings is 1. The van der Waals surface area contributed by atoms with Gasteiger partial charge in [-0.05, 0) is 11.6 Å². The average molecular weight is 315 g/mol. The van der Waals surface area contributed by atoms with E-state index >= 15 is 0 Å². The van der Waals surface area contributed by atoms with Crippen LogP contribution in [0.2, 0.25) is 0 Å². The van der Waals surface area contributed by atoms with Gasteiger partial charge in [0.15, 0.2) is 0 Å². The molecule has 6 heteroatoms. The Morgan fingerprint density at radius 3 is 2.25 bits per heavy atom. The molecule has 1 aromatic rings. The second-order valence-electron chi connectivity index (χ2n) is 3.69. The average Bonchev–Trinajstić information content (AvgIpc) is 2.40. The predicted octanol–water partition coefficient (Wildman–Crippen LogP) is 3.18. The highest BCUT2D eigenvalue weighted by Crippen LogP contribution is 2.20. The van der Waals surface area contributed by atoms with Crippen LogP contribution >= 0.6 is 23.2 Å². The van der Waals surface area contributed by atoms with Crippen molar-refractivity contribution in [1.29, 1.82) is 0 Å². The number of hydrogen-bond acceptors (Lipinski definition) is 4. The van der Waals surface area contributed by atoms with Gasteiger partial charge in [0.1, 0.15) is 15.8 Å². The third-order valence-electron chi connectivity index (χ3n) is 2.22. The molecule has 0 unspecified atom stereocenters. The van der Waals surface area contributed by atoms with Crippen LogP contribution in [0, 0.1) is 0 Å². The summed E-state index contributed by atoms with van der Waals surface area (Å²) in [6, 6.07) is 6.82. The van der Waals surface area contributed by atoms with Crippen LogP contribution in [0.15, 0.2) is 47.5 Å². The first kappa shape index (κ1) is 16.3. The summed E-state index contributed by atoms with van der Waals surface area (Å²) in [5.41, 5.74) is 0.687. The van der Waals surface area contributed by atoms with Crippen LogP contribution in [0.5, 0.6) is 5.75 Å². The summed E-state index contributed by atoms with van der Waals surface area (Å²) >= 11 is 10.8. The van der Waals surface area contributed by atoms with Crippen LogP contribution < -0.4 is 4.74 Å². The molecule has 0 radical (unpaired) electrons. The van der Waals surface area contributed by atoms with E-state index in [4.69, 9.17) is 32.7 Å². The van der Waals surface area contributed by atoms with E-state index in [1.165, 1.54) is 0 Å². The number of carbonyl (C=O) groups excluding carboxylic acids is 2. The SMILES string of the molecule is C=C(Cl)C(=O)OCCc1ccccc1OC(=O)C(=C)Cl. The summed E-state index contributed by atoms with van der Waals surface area (Å²) in [6.45, 7) is 6.62. The molecule has 0 atom stereocenters. The monoisotopic (exact) mass is 314 g/mol. The number of rotatable bonds is 6. The molecule has 0 bridgehead atoms. The third-order valence-corrected chi connectivity index (χ3v) is 2.53. The lowest BCUT2D eigenvalue weighted by Gasteiger charge is -2.09. The van der Waals surface area contributed by atoms with E-state index < -0.39 is 11.9 Å². The summed E-state index contributed by atoms with van der Waals surface area (Å²) in [4.78, 5) is 22.5. The number of halogens is 2. The fourth-order valence-electron chi connectivity index (χ4n) is 1.30. The van der Waals surface area contributed by atoms with E-state index in [2.05, 4.69) is 13.2 Å². The molecule has 0 saturated carbocycles. The highest BCUT2D eigenvalue weighted by atomic mass is 35.5. The second-order valence-corrected chi connectivity index (χ2v) is 4.61. The smallest absolute Gasteiger partial charge is 0.354 e. The van der Waals surface area contributed by atoms with Gasteiger partial charge < -0.3 is 9.47 Å². The molecular formula is C14H12Cl2O4. The first-order valence-electron chi connectivity index (χ1n) is 5.58. The molecule has 0 fully saturated rings. The van der Waals surface area contributed by atoms with Gasteiger partial charge in [0, 0.05) is 6.42 Å². The Morgan fingerprint density at radius 2 is 1.65 bits per heavy atom. The molecule has 0 heterocycles. The molecule has 1 rings (SSSR count). The standard InChI is InChI=1S/C14H12Cl2O4/c1-9(15)13(17)19-8-7-11-5-3-4-6-12(11)20-14(18)10(2)16/h3-6H,1-2,7-8H2. The van der Waals surface area contributed by atoms with Gasteiger partial charge in [-0.2, -0.15) is 0 Å². The lowest BCUT2D eigenvalue weighted by Crippen LogP contribution is -2.11. The molecule has 0 aromatic heterocycles. The molecule has 0 amide bonds. The van der Waals surface area contributed by atoms with E-state index in [9.17, 15) is 9.59 Å². The van der Waals surface area contributed by atoms with Crippen molar-refractivity contribution in [1.82, 2.24) is 0 Å². The van der Waals surface area contributed by atoms with Gasteiger partial charge in [0.2, 0.25) is 0 Å². The first-order valence-corrected chi connectivity index (χ1v) is 6.33. The Balaban J connectivity index is 2.66. The molecule has 4 nitrogen and oxygen atoms in total. The predicted molar refractivity (Wildman–Crippen MR) is 76.7 cm³/mol. The molecule has 0 spiro atoms. The Kier molecular flexibility index (Phi) is 6.28. The zero-order valence-electron chi connectivity index (χ0n) is 10.5. The summed E-state index contributed by atoms with van der Waals surface area (Å²) in [5, 5.41) is -0.409. The molecule has 0 aliphatic rings. The minimum Gasteiger partial charge on any atom is -0.461 e. The van der Waals surface area contributed by atoms with Crippen molar-refractivity contribution in [3.05, 3.63) is 53.1 Å². The fourth-order valence-corrected chi connectivity index (χ4v) is 1.39. The zero-order valence-corrected chi connectivity index (χ0v) is 12.0. The van der Waals surface area contributed by atoms with E-state index in [0.29, 0.717) is 17.7 Å². The molecule has 0 aliphatic carbocycles. The van der Waals surface area contributed by atoms with Gasteiger partial charge >= 0.3 is 11.9 Å². The number of carbonyl (C=O) groups is 2. The lowest BCUT2D eigenvalue weighted by molar-refractivity contribution is -0.138. The normalized spacial score (nSPS) is 9.70. The van der Waals surface area contributed by atoms with Crippen molar-refractivity contribution in [2.75, 3.05) is 6.61 Å². The van der Waals surface area contributed by atoms with Gasteiger partial charge in [0.05, 0.1) is 6.61 Å². The van der Waals surface area contributed by atoms with Crippen molar-refractivity contribution in [2.24, 2.45) is 0 Å². The maximum atomic E-state index is 11.4. The van der Waals surface area contributed by atoms with Crippen LogP contribution in [-0.4, -0.2) is 18.5 Å². The van der Waals surface area contributed by atoms with Crippen LogP contribution in [0.1, 0.15) is 5.56 Å². The van der Waals surface area contributed by atoms with Gasteiger partial charge in [0.25, 0.3) is 0 Å². The molecule has 1 aromatic carbocycles. The van der Waals surface area contributed by atoms with E-state index in [-0.39, 0.29) is 16.7 Å². The highest BCUT2D eigenvalue weighted by molar-refractivity contribution is 6.41. The molecule has 0 saturated heterocycles. The maximum absolute atomic E-state index is 11.4. The Hall–Kier alpha value is -1.78. The van der Waals surface area contributed by atoms with Crippen LogP contribution in [-0.2, 0) is 20.7 Å². The second kappa shape index (κ2) is 7.72. The maximum Gasteiger partial charge on any atom is 0.354 e. The first-order chi connectivity index (χ1) is 9.41. The zero-order chi connectivity index (χ0) is 15.1. The number of esters is 2. The number of para-hydroxylation sites is 1. The highest BCUT2D eigenvalue weighted by Gasteiger charge is 2.11. The summed E-state index contributed by atoms with van der Waals surface area (Å²) in [6.07, 6.45) is 0.355. The van der Waals surface area contributed by atoms with Crippen LogP contribution in [0.4, 0.5) is 0 Å². The van der Waals surface area contributed by atoms with Gasteiger partial charge in [-0.1, -0.05) is 54.6 Å². The minimum absolute atomic E-state index is 0.0843. The van der Waals surface area contributed by atoms with Crippen molar-refractivity contribution >= 4 is 35.1 Å². The third kappa shape index (κ3) is 5.07. The largest absolute Gasteiger partial charge is 0.461 e. The van der Waals surface area contributed by atoms with Crippen LogP contribution in [0.25, 0.3) is 0 Å². The molecule has 0 N–H and O–H groups in total. The summed E-state index contributed by atoms with van der Waals surface area (Å²) in [5.74, 6) is -1.08. The minimum atomic E-state index is -0.731. The lowest BCUT2D eigenvalue weighted by atomic mass is 10.1. The van der Waals surface area contributed by atoms with Crippen LogP contribution in [0.3, 0.4) is 0 Å². The van der Waals surface area contributed by atoms with E-state index in [0.717, 1.165) is 0 Å². The van der Waals surface area contributed by atoms with Crippen molar-refractivity contribution in [2.45, 2.75) is 6.42 Å². The fraction of sp³-hybridized carbons (Fsp3) is 0.143. The quantitative estimate of drug-likeness (QED) is 0.460. The van der Waals surface area contributed by atoms with Crippen molar-refractivity contribution < 1.29 is 19.1 Å². The van der Waals surface area contributed by atoms with Gasteiger partial charge in [-0.25, -0.2) is 9.59 Å².